The lowest BCUT2D eigenvalue weighted by molar-refractivity contribution is 0.594. The molecule has 1 heterocycles. The number of pyridine rings is 1. The third-order valence-electron chi connectivity index (χ3n) is 3.12. The summed E-state index contributed by atoms with van der Waals surface area (Å²) in [4.78, 5) is 5.37. The van der Waals surface area contributed by atoms with Crippen LogP contribution in [0.5, 0.6) is 0 Å². The standard InChI is InChI=1S/C15H16BrFN2S/c1-9-7-14(11(8-13(9)17)10(2)18-3)20-15-12(16)5-4-6-19-15/h4-8,10,18H,1-3H3. The monoisotopic (exact) mass is 354 g/mol. The molecule has 106 valence electrons. The van der Waals surface area contributed by atoms with Crippen LogP contribution in [0, 0.1) is 12.7 Å². The van der Waals surface area contributed by atoms with Gasteiger partial charge in [0, 0.05) is 17.1 Å². The molecule has 0 saturated carbocycles. The summed E-state index contributed by atoms with van der Waals surface area (Å²) in [6.45, 7) is 3.79. The Labute approximate surface area is 131 Å². The van der Waals surface area contributed by atoms with Gasteiger partial charge in [-0.05, 0) is 72.2 Å². The highest BCUT2D eigenvalue weighted by Gasteiger charge is 2.15. The number of benzene rings is 1. The quantitative estimate of drug-likeness (QED) is 0.859. The van der Waals surface area contributed by atoms with Crippen molar-refractivity contribution in [2.24, 2.45) is 0 Å². The molecule has 1 unspecified atom stereocenters. The molecule has 0 amide bonds. The maximum absolute atomic E-state index is 13.8. The van der Waals surface area contributed by atoms with E-state index in [2.05, 4.69) is 26.2 Å². The maximum Gasteiger partial charge on any atom is 0.126 e. The highest BCUT2D eigenvalue weighted by molar-refractivity contribution is 9.10. The van der Waals surface area contributed by atoms with Gasteiger partial charge in [-0.2, -0.15) is 0 Å². The lowest BCUT2D eigenvalue weighted by atomic mass is 10.1. The van der Waals surface area contributed by atoms with Crippen LogP contribution in [0.25, 0.3) is 0 Å². The van der Waals surface area contributed by atoms with Crippen molar-refractivity contribution in [1.82, 2.24) is 10.3 Å². The normalized spacial score (nSPS) is 12.4. The smallest absolute Gasteiger partial charge is 0.126 e. The van der Waals surface area contributed by atoms with E-state index in [0.717, 1.165) is 20.0 Å². The summed E-state index contributed by atoms with van der Waals surface area (Å²) >= 11 is 5.04. The first kappa shape index (κ1) is 15.5. The van der Waals surface area contributed by atoms with Gasteiger partial charge < -0.3 is 5.32 Å². The van der Waals surface area contributed by atoms with Crippen molar-refractivity contribution in [3.8, 4) is 0 Å². The van der Waals surface area contributed by atoms with Crippen LogP contribution in [0.1, 0.15) is 24.1 Å². The summed E-state index contributed by atoms with van der Waals surface area (Å²) in [5, 5.41) is 4.03. The van der Waals surface area contributed by atoms with E-state index in [0.29, 0.717) is 5.56 Å². The van der Waals surface area contributed by atoms with E-state index in [1.54, 1.807) is 30.9 Å². The van der Waals surface area contributed by atoms with Gasteiger partial charge in [-0.1, -0.05) is 11.8 Å². The van der Waals surface area contributed by atoms with Crippen molar-refractivity contribution in [1.29, 1.82) is 0 Å². The number of aryl methyl sites for hydroxylation is 1. The van der Waals surface area contributed by atoms with Crippen LogP contribution in [0.3, 0.4) is 0 Å². The van der Waals surface area contributed by atoms with Crippen molar-refractivity contribution in [3.05, 3.63) is 51.9 Å². The molecule has 1 aromatic carbocycles. The van der Waals surface area contributed by atoms with Gasteiger partial charge in [0.15, 0.2) is 0 Å². The molecule has 0 aliphatic carbocycles. The number of rotatable bonds is 4. The minimum atomic E-state index is -0.175. The number of hydrogen-bond donors (Lipinski definition) is 1. The molecule has 0 aliphatic rings. The van der Waals surface area contributed by atoms with E-state index in [-0.39, 0.29) is 11.9 Å². The predicted octanol–water partition coefficient (Wildman–Crippen LogP) is 4.72. The first-order valence-corrected chi connectivity index (χ1v) is 7.89. The topological polar surface area (TPSA) is 24.9 Å². The van der Waals surface area contributed by atoms with Crippen molar-refractivity contribution in [2.45, 2.75) is 29.8 Å². The second-order valence-electron chi connectivity index (χ2n) is 4.54. The van der Waals surface area contributed by atoms with Gasteiger partial charge in [0.25, 0.3) is 0 Å². The molecule has 0 bridgehead atoms. The number of nitrogens with zero attached hydrogens (tertiary/aromatic N) is 1. The number of nitrogens with one attached hydrogen (secondary N) is 1. The van der Waals surface area contributed by atoms with Crippen molar-refractivity contribution in [3.63, 3.8) is 0 Å². The van der Waals surface area contributed by atoms with E-state index >= 15 is 0 Å². The van der Waals surface area contributed by atoms with Crippen LogP contribution in [-0.4, -0.2) is 12.0 Å². The van der Waals surface area contributed by atoms with Gasteiger partial charge in [-0.15, -0.1) is 0 Å². The van der Waals surface area contributed by atoms with Crippen molar-refractivity contribution < 1.29 is 4.39 Å². The molecule has 2 nitrogen and oxygen atoms in total. The first-order chi connectivity index (χ1) is 9.52. The lowest BCUT2D eigenvalue weighted by Gasteiger charge is -2.17. The first-order valence-electron chi connectivity index (χ1n) is 6.28. The molecule has 5 heteroatoms. The fraction of sp³-hybridized carbons (Fsp3) is 0.267. The molecule has 0 fully saturated rings. The van der Waals surface area contributed by atoms with Crippen LogP contribution in [0.2, 0.25) is 0 Å². The minimum Gasteiger partial charge on any atom is -0.313 e. The van der Waals surface area contributed by atoms with Crippen LogP contribution < -0.4 is 5.32 Å². The molecular formula is C15H16BrFN2S. The molecule has 0 aliphatic heterocycles. The van der Waals surface area contributed by atoms with E-state index in [1.165, 1.54) is 0 Å². The molecule has 0 radical (unpaired) electrons. The van der Waals surface area contributed by atoms with E-state index in [1.807, 2.05) is 32.2 Å². The Bertz CT molecular complexity index is 619. The molecule has 1 aromatic heterocycles. The summed E-state index contributed by atoms with van der Waals surface area (Å²) in [5.41, 5.74) is 1.59. The molecule has 0 spiro atoms. The Balaban J connectivity index is 2.45. The van der Waals surface area contributed by atoms with Gasteiger partial charge in [-0.3, -0.25) is 0 Å². The summed E-state index contributed by atoms with van der Waals surface area (Å²) in [6.07, 6.45) is 1.75. The van der Waals surface area contributed by atoms with Crippen LogP contribution >= 0.6 is 27.7 Å². The molecule has 2 aromatic rings. The van der Waals surface area contributed by atoms with Gasteiger partial charge in [-0.25, -0.2) is 9.37 Å². The largest absolute Gasteiger partial charge is 0.313 e. The Morgan fingerprint density at radius 2 is 2.15 bits per heavy atom. The van der Waals surface area contributed by atoms with E-state index in [9.17, 15) is 4.39 Å². The highest BCUT2D eigenvalue weighted by atomic mass is 79.9. The van der Waals surface area contributed by atoms with Gasteiger partial charge in [0.2, 0.25) is 0 Å². The average Bonchev–Trinajstić information content (AvgIpc) is 2.44. The Hall–Kier alpha value is -0.910. The zero-order chi connectivity index (χ0) is 14.7. The molecule has 0 saturated heterocycles. The fourth-order valence-corrected chi connectivity index (χ4v) is 3.38. The summed E-state index contributed by atoms with van der Waals surface area (Å²) < 4.78 is 14.8. The Morgan fingerprint density at radius 3 is 2.80 bits per heavy atom. The lowest BCUT2D eigenvalue weighted by Crippen LogP contribution is -2.13. The highest BCUT2D eigenvalue weighted by Crippen LogP contribution is 2.36. The zero-order valence-electron chi connectivity index (χ0n) is 11.6. The molecule has 2 rings (SSSR count). The van der Waals surface area contributed by atoms with Gasteiger partial charge >= 0.3 is 0 Å². The van der Waals surface area contributed by atoms with Gasteiger partial charge in [0.05, 0.1) is 4.47 Å². The third kappa shape index (κ3) is 3.40. The third-order valence-corrected chi connectivity index (χ3v) is 5.12. The second kappa shape index (κ2) is 6.70. The second-order valence-corrected chi connectivity index (χ2v) is 6.43. The maximum atomic E-state index is 13.8. The molecule has 1 N–H and O–H groups in total. The Kier molecular flexibility index (Phi) is 5.18. The number of aromatic nitrogens is 1. The zero-order valence-corrected chi connectivity index (χ0v) is 14.0. The average molecular weight is 355 g/mol. The SMILES string of the molecule is CNC(C)c1cc(F)c(C)cc1Sc1ncccc1Br. The predicted molar refractivity (Wildman–Crippen MR) is 84.7 cm³/mol. The minimum absolute atomic E-state index is 0.0788. The van der Waals surface area contributed by atoms with Crippen LogP contribution in [-0.2, 0) is 0 Å². The Morgan fingerprint density at radius 1 is 1.40 bits per heavy atom. The van der Waals surface area contributed by atoms with Crippen LogP contribution in [0.4, 0.5) is 4.39 Å². The molecule has 20 heavy (non-hydrogen) atoms. The summed E-state index contributed by atoms with van der Waals surface area (Å²) in [5.74, 6) is -0.175. The van der Waals surface area contributed by atoms with Crippen molar-refractivity contribution >= 4 is 27.7 Å². The summed E-state index contributed by atoms with van der Waals surface area (Å²) in [7, 11) is 1.87. The van der Waals surface area contributed by atoms with E-state index in [4.69, 9.17) is 0 Å². The van der Waals surface area contributed by atoms with Gasteiger partial charge in [0.1, 0.15) is 10.8 Å². The fourth-order valence-electron chi connectivity index (χ4n) is 1.80. The molecular weight excluding hydrogens is 339 g/mol. The molecule has 1 atom stereocenters. The number of hydrogen-bond acceptors (Lipinski definition) is 3. The summed E-state index contributed by atoms with van der Waals surface area (Å²) in [6, 6.07) is 7.39. The van der Waals surface area contributed by atoms with Crippen molar-refractivity contribution in [2.75, 3.05) is 7.05 Å². The van der Waals surface area contributed by atoms with Crippen LogP contribution in [0.15, 0.2) is 44.9 Å². The van der Waals surface area contributed by atoms with E-state index < -0.39 is 0 Å². The number of halogens is 2.